The summed E-state index contributed by atoms with van der Waals surface area (Å²) >= 11 is 0. The minimum atomic E-state index is -0.705. The van der Waals surface area contributed by atoms with E-state index in [9.17, 15) is 10.2 Å². The molecule has 0 aromatic heterocycles. The maximum Gasteiger partial charge on any atom is 0.192 e. The number of nitrogens with zero attached hydrogens (tertiary/aromatic N) is 1. The van der Waals surface area contributed by atoms with Gasteiger partial charge in [-0.2, -0.15) is 0 Å². The summed E-state index contributed by atoms with van der Waals surface area (Å²) in [6, 6.07) is 9.88. The molecule has 2 saturated heterocycles. The van der Waals surface area contributed by atoms with Gasteiger partial charge in [-0.15, -0.1) is 0 Å². The Morgan fingerprint density at radius 3 is 2.50 bits per heavy atom. The predicted octanol–water partition coefficient (Wildman–Crippen LogP) is 0.312. The van der Waals surface area contributed by atoms with Crippen LogP contribution in [0.4, 0.5) is 0 Å². The second-order valence-electron chi connectivity index (χ2n) is 5.72. The molecule has 0 amide bonds. The predicted molar refractivity (Wildman–Crippen MR) is 73.1 cm³/mol. The minimum Gasteiger partial charge on any atom is -0.389 e. The van der Waals surface area contributed by atoms with E-state index in [1.54, 1.807) is 0 Å². The van der Waals surface area contributed by atoms with Gasteiger partial charge in [-0.25, -0.2) is 0 Å². The molecule has 2 heterocycles. The van der Waals surface area contributed by atoms with Crippen LogP contribution in [0.5, 0.6) is 0 Å². The second-order valence-corrected chi connectivity index (χ2v) is 5.72. The molecule has 0 spiro atoms. The van der Waals surface area contributed by atoms with Gasteiger partial charge < -0.3 is 19.7 Å². The van der Waals surface area contributed by atoms with E-state index in [1.165, 1.54) is 0 Å². The summed E-state index contributed by atoms with van der Waals surface area (Å²) in [4.78, 5) is 2.01. The first-order valence-corrected chi connectivity index (χ1v) is 7.02. The first-order chi connectivity index (χ1) is 9.57. The third kappa shape index (κ3) is 2.73. The van der Waals surface area contributed by atoms with Crippen molar-refractivity contribution in [3.05, 3.63) is 35.9 Å². The number of aliphatic hydroxyl groups excluding tert-OH is 2. The van der Waals surface area contributed by atoms with E-state index in [4.69, 9.17) is 9.47 Å². The van der Waals surface area contributed by atoms with Gasteiger partial charge in [-0.3, -0.25) is 4.90 Å². The van der Waals surface area contributed by atoms with Crippen LogP contribution in [0.25, 0.3) is 0 Å². The Labute approximate surface area is 118 Å². The average molecular weight is 279 g/mol. The van der Waals surface area contributed by atoms with E-state index < -0.39 is 18.0 Å². The zero-order valence-electron chi connectivity index (χ0n) is 11.6. The average Bonchev–Trinajstić information content (AvgIpc) is 2.96. The van der Waals surface area contributed by atoms with E-state index >= 15 is 0 Å². The lowest BCUT2D eigenvalue weighted by Gasteiger charge is -2.25. The summed E-state index contributed by atoms with van der Waals surface area (Å²) in [6.07, 6.45) is -1.35. The van der Waals surface area contributed by atoms with Crippen LogP contribution >= 0.6 is 0 Å². The van der Waals surface area contributed by atoms with E-state index in [1.807, 2.05) is 42.2 Å². The molecular formula is C15H21NO4. The molecule has 2 aliphatic rings. The molecule has 5 nitrogen and oxygen atoms in total. The largest absolute Gasteiger partial charge is 0.389 e. The highest BCUT2D eigenvalue weighted by Gasteiger charge is 2.40. The van der Waals surface area contributed by atoms with Crippen LogP contribution in [0.2, 0.25) is 0 Å². The standard InChI is InChI=1S/C15H21NO4/c1-15(11-5-3-2-4-6-11)19-10-12(20-15)7-16-8-13(17)14(18)9-16/h2-6,12-14,17-18H,7-10H2,1H3/t12?,13-,14+,15?. The SMILES string of the molecule is CC1(c2ccccc2)OCC(CN2C[C@@H](O)[C@@H](O)C2)O1. The zero-order chi connectivity index (χ0) is 14.2. The smallest absolute Gasteiger partial charge is 0.192 e. The first kappa shape index (κ1) is 14.0. The molecule has 1 aromatic carbocycles. The van der Waals surface area contributed by atoms with Crippen molar-refractivity contribution in [1.82, 2.24) is 4.90 Å². The van der Waals surface area contributed by atoms with Gasteiger partial charge in [-0.05, 0) is 6.92 Å². The molecule has 3 rings (SSSR count). The molecule has 0 aliphatic carbocycles. The summed E-state index contributed by atoms with van der Waals surface area (Å²) in [5, 5.41) is 19.1. The Morgan fingerprint density at radius 2 is 1.85 bits per heavy atom. The third-order valence-electron chi connectivity index (χ3n) is 4.03. The van der Waals surface area contributed by atoms with Crippen molar-refractivity contribution < 1.29 is 19.7 Å². The quantitative estimate of drug-likeness (QED) is 0.834. The van der Waals surface area contributed by atoms with Crippen molar-refractivity contribution >= 4 is 0 Å². The van der Waals surface area contributed by atoms with Gasteiger partial charge >= 0.3 is 0 Å². The van der Waals surface area contributed by atoms with Crippen molar-refractivity contribution in [2.45, 2.75) is 31.0 Å². The van der Waals surface area contributed by atoms with E-state index in [0.717, 1.165) is 5.56 Å². The van der Waals surface area contributed by atoms with Crippen LogP contribution < -0.4 is 0 Å². The molecule has 2 fully saturated rings. The number of benzene rings is 1. The van der Waals surface area contributed by atoms with Crippen LogP contribution in [0.1, 0.15) is 12.5 Å². The lowest BCUT2D eigenvalue weighted by molar-refractivity contribution is -0.163. The van der Waals surface area contributed by atoms with Crippen LogP contribution in [0.3, 0.4) is 0 Å². The number of aliphatic hydroxyl groups is 2. The Hall–Kier alpha value is -0.980. The fourth-order valence-corrected chi connectivity index (χ4v) is 2.90. The Kier molecular flexibility index (Phi) is 3.79. The maximum atomic E-state index is 9.56. The number of likely N-dealkylation sites (tertiary alicyclic amines) is 1. The van der Waals surface area contributed by atoms with Crippen molar-refractivity contribution in [2.24, 2.45) is 0 Å². The number of hydrogen-bond acceptors (Lipinski definition) is 5. The van der Waals surface area contributed by atoms with E-state index in [0.29, 0.717) is 26.2 Å². The number of ether oxygens (including phenoxy) is 2. The molecule has 110 valence electrons. The van der Waals surface area contributed by atoms with Crippen molar-refractivity contribution in [3.8, 4) is 0 Å². The van der Waals surface area contributed by atoms with Gasteiger partial charge in [0.15, 0.2) is 5.79 Å². The summed E-state index contributed by atoms with van der Waals surface area (Å²) < 4.78 is 11.9. The highest BCUT2D eigenvalue weighted by molar-refractivity contribution is 5.20. The normalized spacial score (nSPS) is 38.5. The van der Waals surface area contributed by atoms with Gasteiger partial charge in [0.2, 0.25) is 0 Å². The second kappa shape index (κ2) is 5.42. The molecule has 0 saturated carbocycles. The summed E-state index contributed by atoms with van der Waals surface area (Å²) in [5.41, 5.74) is 1.00. The summed E-state index contributed by atoms with van der Waals surface area (Å²) in [7, 11) is 0. The maximum absolute atomic E-state index is 9.56. The zero-order valence-corrected chi connectivity index (χ0v) is 11.6. The molecule has 2 N–H and O–H groups in total. The van der Waals surface area contributed by atoms with Gasteiger partial charge in [0.25, 0.3) is 0 Å². The number of rotatable bonds is 3. The van der Waals surface area contributed by atoms with Gasteiger partial charge in [0.05, 0.1) is 24.9 Å². The summed E-state index contributed by atoms with van der Waals surface area (Å²) in [5.74, 6) is -0.705. The van der Waals surface area contributed by atoms with E-state index in [-0.39, 0.29) is 6.10 Å². The summed E-state index contributed by atoms with van der Waals surface area (Å²) in [6.45, 7) is 4.09. The fraction of sp³-hybridized carbons (Fsp3) is 0.600. The molecule has 5 heteroatoms. The lowest BCUT2D eigenvalue weighted by Crippen LogP contribution is -2.34. The van der Waals surface area contributed by atoms with Gasteiger partial charge in [-0.1, -0.05) is 30.3 Å². The molecule has 20 heavy (non-hydrogen) atoms. The van der Waals surface area contributed by atoms with Gasteiger partial charge in [0, 0.05) is 25.2 Å². The molecule has 0 radical (unpaired) electrons. The third-order valence-corrected chi connectivity index (χ3v) is 4.03. The monoisotopic (exact) mass is 279 g/mol. The highest BCUT2D eigenvalue weighted by atomic mass is 16.7. The number of β-amino-alcohol motifs (C(OH)–C–C–N with tert-alkyl or cyclic N) is 2. The Balaban J connectivity index is 1.60. The lowest BCUT2D eigenvalue weighted by atomic mass is 10.1. The van der Waals surface area contributed by atoms with Crippen LogP contribution in [0.15, 0.2) is 30.3 Å². The minimum absolute atomic E-state index is 0.0438. The van der Waals surface area contributed by atoms with Crippen molar-refractivity contribution in [2.75, 3.05) is 26.2 Å². The first-order valence-electron chi connectivity index (χ1n) is 7.02. The topological polar surface area (TPSA) is 62.2 Å². The highest BCUT2D eigenvalue weighted by Crippen LogP contribution is 2.34. The fourth-order valence-electron chi connectivity index (χ4n) is 2.90. The van der Waals surface area contributed by atoms with Crippen molar-refractivity contribution in [1.29, 1.82) is 0 Å². The van der Waals surface area contributed by atoms with Crippen molar-refractivity contribution in [3.63, 3.8) is 0 Å². The van der Waals surface area contributed by atoms with Crippen LogP contribution in [-0.4, -0.2) is 59.7 Å². The molecule has 0 bridgehead atoms. The van der Waals surface area contributed by atoms with Crippen LogP contribution in [0, 0.1) is 0 Å². The number of hydrogen-bond donors (Lipinski definition) is 2. The molecule has 2 aliphatic heterocycles. The van der Waals surface area contributed by atoms with Gasteiger partial charge in [0.1, 0.15) is 0 Å². The molecule has 1 aromatic rings. The van der Waals surface area contributed by atoms with Crippen LogP contribution in [-0.2, 0) is 15.3 Å². The molecule has 2 unspecified atom stereocenters. The molecular weight excluding hydrogens is 258 g/mol. The molecule has 4 atom stereocenters. The van der Waals surface area contributed by atoms with E-state index in [2.05, 4.69) is 0 Å². The Morgan fingerprint density at radius 1 is 1.20 bits per heavy atom. The Bertz CT molecular complexity index is 444.